The quantitative estimate of drug-likeness (QED) is 0.849. The summed E-state index contributed by atoms with van der Waals surface area (Å²) in [6, 6.07) is 6.91. The highest BCUT2D eigenvalue weighted by Gasteiger charge is 2.26. The number of nitrogen functional groups attached to an aromatic ring is 1. The van der Waals surface area contributed by atoms with Gasteiger partial charge in [0, 0.05) is 37.4 Å². The maximum absolute atomic E-state index is 12.4. The fourth-order valence-electron chi connectivity index (χ4n) is 2.54. The lowest BCUT2D eigenvalue weighted by atomic mass is 10.1. The first-order chi connectivity index (χ1) is 11.0. The lowest BCUT2D eigenvalue weighted by Gasteiger charge is -2.34. The van der Waals surface area contributed by atoms with E-state index < -0.39 is 0 Å². The van der Waals surface area contributed by atoms with Gasteiger partial charge in [-0.1, -0.05) is 0 Å². The summed E-state index contributed by atoms with van der Waals surface area (Å²) in [5.74, 6) is -0.0269. The van der Waals surface area contributed by atoms with Gasteiger partial charge in [-0.15, -0.1) is 11.3 Å². The highest BCUT2D eigenvalue weighted by molar-refractivity contribution is 7.13. The molecule has 1 aliphatic heterocycles. The Bertz CT molecular complexity index is 718. The molecule has 3 rings (SSSR count). The third-order valence-electron chi connectivity index (χ3n) is 3.84. The lowest BCUT2D eigenvalue weighted by Crippen LogP contribution is -2.50. The SMILES string of the molecule is Cc1ncc(C(=O)N2CCN(C(=O)c3ccc(N)cc3)CC2)s1. The van der Waals surface area contributed by atoms with Crippen LogP contribution in [0.25, 0.3) is 0 Å². The zero-order valence-electron chi connectivity index (χ0n) is 12.9. The number of amides is 2. The number of carbonyl (C=O) groups is 2. The number of benzene rings is 1. The van der Waals surface area contributed by atoms with Gasteiger partial charge in [0.15, 0.2) is 0 Å². The molecule has 2 heterocycles. The fourth-order valence-corrected chi connectivity index (χ4v) is 3.28. The number of carbonyl (C=O) groups excluding carboxylic acids is 2. The molecule has 0 bridgehead atoms. The minimum absolute atomic E-state index is 0.00446. The molecular formula is C16H18N4O2S. The summed E-state index contributed by atoms with van der Waals surface area (Å²) in [5, 5.41) is 0.880. The first-order valence-corrected chi connectivity index (χ1v) is 8.23. The molecule has 0 unspecified atom stereocenters. The van der Waals surface area contributed by atoms with Crippen LogP contribution in [0.4, 0.5) is 5.69 Å². The monoisotopic (exact) mass is 330 g/mol. The number of anilines is 1. The Balaban J connectivity index is 1.61. The van der Waals surface area contributed by atoms with Crippen molar-refractivity contribution in [1.29, 1.82) is 0 Å². The van der Waals surface area contributed by atoms with E-state index in [0.29, 0.717) is 42.3 Å². The number of hydrogen-bond acceptors (Lipinski definition) is 5. The number of piperazine rings is 1. The molecule has 1 aromatic carbocycles. The van der Waals surface area contributed by atoms with Gasteiger partial charge >= 0.3 is 0 Å². The summed E-state index contributed by atoms with van der Waals surface area (Å²) in [6.07, 6.45) is 1.62. The molecule has 2 aromatic rings. The number of nitrogens with zero attached hydrogens (tertiary/aromatic N) is 3. The van der Waals surface area contributed by atoms with Crippen molar-refractivity contribution < 1.29 is 9.59 Å². The first-order valence-electron chi connectivity index (χ1n) is 7.41. The van der Waals surface area contributed by atoms with Crippen LogP contribution in [-0.4, -0.2) is 52.8 Å². The smallest absolute Gasteiger partial charge is 0.265 e. The lowest BCUT2D eigenvalue weighted by molar-refractivity contribution is 0.0538. The summed E-state index contributed by atoms with van der Waals surface area (Å²) in [7, 11) is 0. The Morgan fingerprint density at radius 3 is 2.13 bits per heavy atom. The van der Waals surface area contributed by atoms with E-state index in [0.717, 1.165) is 5.01 Å². The molecule has 6 nitrogen and oxygen atoms in total. The van der Waals surface area contributed by atoms with Crippen LogP contribution in [0.5, 0.6) is 0 Å². The molecule has 2 amide bonds. The standard InChI is InChI=1S/C16H18N4O2S/c1-11-18-10-14(23-11)16(22)20-8-6-19(7-9-20)15(21)12-2-4-13(17)5-3-12/h2-5,10H,6-9,17H2,1H3. The van der Waals surface area contributed by atoms with Crippen LogP contribution in [0.15, 0.2) is 30.5 Å². The van der Waals surface area contributed by atoms with Gasteiger partial charge in [-0.2, -0.15) is 0 Å². The molecule has 1 fully saturated rings. The minimum atomic E-state index is -0.0225. The van der Waals surface area contributed by atoms with E-state index in [1.165, 1.54) is 11.3 Å². The van der Waals surface area contributed by atoms with Crippen molar-refractivity contribution in [3.05, 3.63) is 45.9 Å². The molecular weight excluding hydrogens is 312 g/mol. The predicted octanol–water partition coefficient (Wildman–Crippen LogP) is 1.63. The molecule has 0 spiro atoms. The third-order valence-corrected chi connectivity index (χ3v) is 4.74. The average Bonchev–Trinajstić information content (AvgIpc) is 3.01. The highest BCUT2D eigenvalue weighted by Crippen LogP contribution is 2.16. The van der Waals surface area contributed by atoms with Gasteiger partial charge < -0.3 is 15.5 Å². The summed E-state index contributed by atoms with van der Waals surface area (Å²) in [6.45, 7) is 4.02. The van der Waals surface area contributed by atoms with Gasteiger partial charge in [0.05, 0.1) is 11.2 Å². The van der Waals surface area contributed by atoms with Crippen molar-refractivity contribution in [1.82, 2.24) is 14.8 Å². The molecule has 1 saturated heterocycles. The number of aromatic nitrogens is 1. The predicted molar refractivity (Wildman–Crippen MR) is 89.5 cm³/mol. The number of hydrogen-bond donors (Lipinski definition) is 1. The first kappa shape index (κ1) is 15.5. The van der Waals surface area contributed by atoms with E-state index in [1.54, 1.807) is 40.3 Å². The molecule has 23 heavy (non-hydrogen) atoms. The highest BCUT2D eigenvalue weighted by atomic mass is 32.1. The van der Waals surface area contributed by atoms with Crippen LogP contribution in [0, 0.1) is 6.92 Å². The van der Waals surface area contributed by atoms with E-state index in [1.807, 2.05) is 6.92 Å². The maximum Gasteiger partial charge on any atom is 0.265 e. The zero-order chi connectivity index (χ0) is 16.4. The van der Waals surface area contributed by atoms with Gasteiger partial charge in [-0.25, -0.2) is 4.98 Å². The van der Waals surface area contributed by atoms with Crippen molar-refractivity contribution in [3.63, 3.8) is 0 Å². The molecule has 120 valence electrons. The van der Waals surface area contributed by atoms with Crippen LogP contribution in [0.2, 0.25) is 0 Å². The molecule has 0 aliphatic carbocycles. The van der Waals surface area contributed by atoms with E-state index >= 15 is 0 Å². The fraction of sp³-hybridized carbons (Fsp3) is 0.312. The minimum Gasteiger partial charge on any atom is -0.399 e. The van der Waals surface area contributed by atoms with Gasteiger partial charge in [0.25, 0.3) is 11.8 Å². The molecule has 2 N–H and O–H groups in total. The topological polar surface area (TPSA) is 79.5 Å². The normalized spacial score (nSPS) is 14.8. The largest absolute Gasteiger partial charge is 0.399 e. The second-order valence-corrected chi connectivity index (χ2v) is 6.68. The molecule has 7 heteroatoms. The van der Waals surface area contributed by atoms with Crippen LogP contribution >= 0.6 is 11.3 Å². The third kappa shape index (κ3) is 3.34. The Morgan fingerprint density at radius 1 is 1.04 bits per heavy atom. The second-order valence-electron chi connectivity index (χ2n) is 5.45. The van der Waals surface area contributed by atoms with E-state index in [-0.39, 0.29) is 11.8 Å². The van der Waals surface area contributed by atoms with E-state index in [2.05, 4.69) is 4.98 Å². The van der Waals surface area contributed by atoms with Crippen molar-refractivity contribution >= 4 is 28.8 Å². The van der Waals surface area contributed by atoms with Gasteiger partial charge in [-0.3, -0.25) is 9.59 Å². The Labute approximate surface area is 138 Å². The molecule has 1 aliphatic rings. The Morgan fingerprint density at radius 2 is 1.61 bits per heavy atom. The molecule has 1 aromatic heterocycles. The summed E-state index contributed by atoms with van der Waals surface area (Å²) in [4.78, 5) is 33.1. The molecule has 0 saturated carbocycles. The van der Waals surface area contributed by atoms with Crippen LogP contribution in [0.3, 0.4) is 0 Å². The summed E-state index contributed by atoms with van der Waals surface area (Å²) < 4.78 is 0. The van der Waals surface area contributed by atoms with Crippen LogP contribution < -0.4 is 5.73 Å². The maximum atomic E-state index is 12.4. The van der Waals surface area contributed by atoms with E-state index in [9.17, 15) is 9.59 Å². The molecule has 0 atom stereocenters. The van der Waals surface area contributed by atoms with Gasteiger partial charge in [0.1, 0.15) is 4.88 Å². The van der Waals surface area contributed by atoms with Crippen LogP contribution in [-0.2, 0) is 0 Å². The van der Waals surface area contributed by atoms with Crippen molar-refractivity contribution in [3.8, 4) is 0 Å². The number of thiazole rings is 1. The van der Waals surface area contributed by atoms with Crippen LogP contribution in [0.1, 0.15) is 25.0 Å². The number of aryl methyl sites for hydroxylation is 1. The number of nitrogens with two attached hydrogens (primary N) is 1. The van der Waals surface area contributed by atoms with Crippen molar-refractivity contribution in [2.24, 2.45) is 0 Å². The van der Waals surface area contributed by atoms with Gasteiger partial charge in [-0.05, 0) is 31.2 Å². The van der Waals surface area contributed by atoms with Crippen molar-refractivity contribution in [2.45, 2.75) is 6.92 Å². The average molecular weight is 330 g/mol. The van der Waals surface area contributed by atoms with Crippen molar-refractivity contribution in [2.75, 3.05) is 31.9 Å². The zero-order valence-corrected chi connectivity index (χ0v) is 13.7. The number of rotatable bonds is 2. The van der Waals surface area contributed by atoms with E-state index in [4.69, 9.17) is 5.73 Å². The summed E-state index contributed by atoms with van der Waals surface area (Å²) >= 11 is 1.40. The Hall–Kier alpha value is -2.41. The summed E-state index contributed by atoms with van der Waals surface area (Å²) in [5.41, 5.74) is 6.90. The Kier molecular flexibility index (Phi) is 4.29. The van der Waals surface area contributed by atoms with Gasteiger partial charge in [0.2, 0.25) is 0 Å². The second kappa shape index (κ2) is 6.37. The molecule has 0 radical (unpaired) electrons.